The summed E-state index contributed by atoms with van der Waals surface area (Å²) in [4.78, 5) is 11.6. The van der Waals surface area contributed by atoms with Crippen LogP contribution in [0.25, 0.3) is 0 Å². The van der Waals surface area contributed by atoms with Gasteiger partial charge >= 0.3 is 0 Å². The third-order valence-corrected chi connectivity index (χ3v) is 4.32. The lowest BCUT2D eigenvalue weighted by molar-refractivity contribution is -0.129. The molecule has 1 rings (SSSR count). The molecule has 0 fully saturated rings. The largest absolute Gasteiger partial charge is 0.368 e. The summed E-state index contributed by atoms with van der Waals surface area (Å²) >= 11 is 5.79. The van der Waals surface area contributed by atoms with Crippen LogP contribution in [0.5, 0.6) is 0 Å². The fourth-order valence-corrected chi connectivity index (χ4v) is 2.79. The van der Waals surface area contributed by atoms with Crippen molar-refractivity contribution in [2.45, 2.75) is 24.3 Å². The van der Waals surface area contributed by atoms with Crippen LogP contribution in [0.4, 0.5) is 0 Å². The molecule has 0 saturated heterocycles. The number of halogens is 1. The van der Waals surface area contributed by atoms with Crippen LogP contribution in [0.15, 0.2) is 35.7 Å². The molecule has 0 heterocycles. The summed E-state index contributed by atoms with van der Waals surface area (Å²) in [7, 11) is -4.08. The molecule has 1 N–H and O–H groups in total. The van der Waals surface area contributed by atoms with Gasteiger partial charge in [-0.25, -0.2) is 13.1 Å². The summed E-state index contributed by atoms with van der Waals surface area (Å²) in [6.07, 6.45) is 1.25. The van der Waals surface area contributed by atoms with E-state index in [0.29, 0.717) is 6.42 Å². The second kappa shape index (κ2) is 7.94. The monoisotopic (exact) mass is 342 g/mol. The van der Waals surface area contributed by atoms with E-state index in [4.69, 9.17) is 21.6 Å². The fraction of sp³-hybridized carbons (Fsp3) is 0.286. The second-order valence-corrected chi connectivity index (χ2v) is 6.40. The Kier molecular flexibility index (Phi) is 6.56. The third kappa shape index (κ3) is 4.84. The van der Waals surface area contributed by atoms with Crippen LogP contribution in [-0.2, 0) is 19.6 Å². The maximum atomic E-state index is 12.1. The maximum absolute atomic E-state index is 12.1. The minimum atomic E-state index is -4.08. The maximum Gasteiger partial charge on any atom is 0.264 e. The first-order valence-corrected chi connectivity index (χ1v) is 8.16. The molecule has 0 saturated carbocycles. The van der Waals surface area contributed by atoms with Crippen molar-refractivity contribution in [1.82, 2.24) is 4.72 Å². The van der Waals surface area contributed by atoms with Gasteiger partial charge in [-0.2, -0.15) is 5.26 Å². The average Bonchev–Trinajstić information content (AvgIpc) is 2.46. The van der Waals surface area contributed by atoms with Crippen molar-refractivity contribution in [2.24, 2.45) is 0 Å². The van der Waals surface area contributed by atoms with Crippen LogP contribution >= 0.6 is 11.6 Å². The number of nitrogens with zero attached hydrogens (tertiary/aromatic N) is 1. The van der Waals surface area contributed by atoms with Crippen molar-refractivity contribution < 1.29 is 17.9 Å². The van der Waals surface area contributed by atoms with Crippen molar-refractivity contribution >= 4 is 27.5 Å². The number of carbonyl (C=O) groups is 1. The molecular weight excluding hydrogens is 328 g/mol. The van der Waals surface area contributed by atoms with Crippen molar-refractivity contribution in [3.8, 4) is 6.07 Å². The lowest BCUT2D eigenvalue weighted by Crippen LogP contribution is -2.38. The number of nitrogens with one attached hydrogen (secondary N) is 1. The molecule has 8 heteroatoms. The number of amides is 1. The number of hydrogen-bond donors (Lipinski definition) is 1. The molecule has 1 amide bonds. The predicted octanol–water partition coefficient (Wildman–Crippen LogP) is 2.00. The number of carbonyl (C=O) groups excluding carboxylic acids is 1. The Morgan fingerprint density at radius 3 is 2.82 bits per heavy atom. The fourth-order valence-electron chi connectivity index (χ4n) is 1.43. The molecule has 0 aliphatic rings. The standard InChI is InChI=1S/C14H15ClN2O4S/c1-3-4-7-21-10(2)14(18)17-22(19,20)12-6-5-11(9-16)13(15)8-12/h3,5-6,8,10H,1,4,7H2,2H3,(H,17,18)/t10-/m0/s1. The summed E-state index contributed by atoms with van der Waals surface area (Å²) in [5.74, 6) is -0.787. The second-order valence-electron chi connectivity index (χ2n) is 4.31. The number of rotatable bonds is 7. The van der Waals surface area contributed by atoms with Gasteiger partial charge in [0.05, 0.1) is 22.1 Å². The lowest BCUT2D eigenvalue weighted by Gasteiger charge is -2.13. The molecular formula is C14H15ClN2O4S. The lowest BCUT2D eigenvalue weighted by atomic mass is 10.2. The molecule has 0 aliphatic carbocycles. The molecule has 0 aromatic heterocycles. The van der Waals surface area contributed by atoms with Gasteiger partial charge in [0.1, 0.15) is 12.2 Å². The SMILES string of the molecule is C=CCCO[C@@H](C)C(=O)NS(=O)(=O)c1ccc(C#N)c(Cl)c1. The van der Waals surface area contributed by atoms with Crippen LogP contribution in [0, 0.1) is 11.3 Å². The normalized spacial score (nSPS) is 12.2. The first kappa shape index (κ1) is 18.2. The molecule has 0 unspecified atom stereocenters. The number of benzene rings is 1. The topological polar surface area (TPSA) is 96.3 Å². The molecule has 0 aliphatic heterocycles. The zero-order chi connectivity index (χ0) is 16.8. The number of sulfonamides is 1. The Morgan fingerprint density at radius 1 is 1.59 bits per heavy atom. The van der Waals surface area contributed by atoms with Crippen LogP contribution in [-0.4, -0.2) is 27.0 Å². The van der Waals surface area contributed by atoms with E-state index in [1.54, 1.807) is 6.08 Å². The highest BCUT2D eigenvalue weighted by Gasteiger charge is 2.22. The van der Waals surface area contributed by atoms with E-state index in [-0.39, 0.29) is 22.1 Å². The summed E-state index contributed by atoms with van der Waals surface area (Å²) in [5, 5.41) is 8.75. The van der Waals surface area contributed by atoms with Crippen molar-refractivity contribution in [1.29, 1.82) is 5.26 Å². The van der Waals surface area contributed by atoms with E-state index in [9.17, 15) is 13.2 Å². The summed E-state index contributed by atoms with van der Waals surface area (Å²) in [5.41, 5.74) is 0.146. The van der Waals surface area contributed by atoms with Gasteiger partial charge in [-0.05, 0) is 31.5 Å². The van der Waals surface area contributed by atoms with Gasteiger partial charge in [0.2, 0.25) is 0 Å². The predicted molar refractivity (Wildman–Crippen MR) is 81.7 cm³/mol. The third-order valence-electron chi connectivity index (χ3n) is 2.67. The first-order chi connectivity index (χ1) is 10.3. The highest BCUT2D eigenvalue weighted by molar-refractivity contribution is 7.90. The zero-order valence-electron chi connectivity index (χ0n) is 11.9. The quantitative estimate of drug-likeness (QED) is 0.604. The Morgan fingerprint density at radius 2 is 2.27 bits per heavy atom. The van der Waals surface area contributed by atoms with Gasteiger partial charge < -0.3 is 4.74 Å². The van der Waals surface area contributed by atoms with Gasteiger partial charge in [-0.15, -0.1) is 6.58 Å². The Balaban J connectivity index is 2.83. The minimum Gasteiger partial charge on any atom is -0.368 e. The van der Waals surface area contributed by atoms with Crippen LogP contribution in [0.1, 0.15) is 18.9 Å². The van der Waals surface area contributed by atoms with E-state index in [1.807, 2.05) is 10.8 Å². The zero-order valence-corrected chi connectivity index (χ0v) is 13.4. The molecule has 1 aromatic carbocycles. The van der Waals surface area contributed by atoms with E-state index in [0.717, 1.165) is 6.07 Å². The molecule has 0 spiro atoms. The van der Waals surface area contributed by atoms with Gasteiger partial charge in [-0.1, -0.05) is 17.7 Å². The van der Waals surface area contributed by atoms with Crippen LogP contribution < -0.4 is 4.72 Å². The first-order valence-electron chi connectivity index (χ1n) is 6.30. The molecule has 118 valence electrons. The smallest absolute Gasteiger partial charge is 0.264 e. The van der Waals surface area contributed by atoms with E-state index >= 15 is 0 Å². The van der Waals surface area contributed by atoms with Crippen molar-refractivity contribution in [3.05, 3.63) is 41.4 Å². The van der Waals surface area contributed by atoms with Gasteiger partial charge in [0.15, 0.2) is 0 Å². The summed E-state index contributed by atoms with van der Waals surface area (Å²) in [6.45, 7) is 5.22. The summed E-state index contributed by atoms with van der Waals surface area (Å²) < 4.78 is 31.2. The molecule has 22 heavy (non-hydrogen) atoms. The van der Waals surface area contributed by atoms with Crippen molar-refractivity contribution in [2.75, 3.05) is 6.61 Å². The van der Waals surface area contributed by atoms with Crippen molar-refractivity contribution in [3.63, 3.8) is 0 Å². The molecule has 1 aromatic rings. The number of nitriles is 1. The van der Waals surface area contributed by atoms with Crippen LogP contribution in [0.3, 0.4) is 0 Å². The Bertz CT molecular complexity index is 710. The summed E-state index contributed by atoms with van der Waals surface area (Å²) in [6, 6.07) is 5.40. The molecule has 1 atom stereocenters. The van der Waals surface area contributed by atoms with E-state index in [1.165, 1.54) is 19.1 Å². The Hall–Kier alpha value is -1.88. The van der Waals surface area contributed by atoms with E-state index in [2.05, 4.69) is 6.58 Å². The highest BCUT2D eigenvalue weighted by Crippen LogP contribution is 2.20. The number of ether oxygens (including phenoxy) is 1. The van der Waals surface area contributed by atoms with Gasteiger partial charge in [0.25, 0.3) is 15.9 Å². The molecule has 0 radical (unpaired) electrons. The highest BCUT2D eigenvalue weighted by atomic mass is 35.5. The van der Waals surface area contributed by atoms with Gasteiger partial charge in [-0.3, -0.25) is 4.79 Å². The van der Waals surface area contributed by atoms with Gasteiger partial charge in [0, 0.05) is 0 Å². The van der Waals surface area contributed by atoms with Crippen LogP contribution in [0.2, 0.25) is 5.02 Å². The average molecular weight is 343 g/mol. The number of hydrogen-bond acceptors (Lipinski definition) is 5. The minimum absolute atomic E-state index is 0.00638. The van der Waals surface area contributed by atoms with E-state index < -0.39 is 22.0 Å². The molecule has 6 nitrogen and oxygen atoms in total. The molecule has 0 bridgehead atoms. The Labute approximate surface area is 134 Å².